The fraction of sp³-hybridized carbons (Fsp3) is 0.643. The summed E-state index contributed by atoms with van der Waals surface area (Å²) >= 11 is 0. The van der Waals surface area contributed by atoms with Gasteiger partial charge in [-0.2, -0.15) is 4.98 Å². The third kappa shape index (κ3) is 3.81. The van der Waals surface area contributed by atoms with Gasteiger partial charge in [0.2, 0.25) is 0 Å². The Morgan fingerprint density at radius 2 is 2.29 bits per heavy atom. The van der Waals surface area contributed by atoms with Gasteiger partial charge < -0.3 is 15.8 Å². The molecule has 0 spiro atoms. The number of nitrogens with zero attached hydrogens (tertiary/aromatic N) is 3. The van der Waals surface area contributed by atoms with Crippen LogP contribution in [0.4, 0.5) is 10.5 Å². The number of carbonyl (C=O) groups excluding carboxylic acids is 1. The van der Waals surface area contributed by atoms with Crippen molar-refractivity contribution in [1.29, 1.82) is 0 Å². The van der Waals surface area contributed by atoms with Crippen molar-refractivity contribution in [2.45, 2.75) is 45.2 Å². The summed E-state index contributed by atoms with van der Waals surface area (Å²) in [6.07, 6.45) is 4.29. The lowest BCUT2D eigenvalue weighted by molar-refractivity contribution is 0.0656. The molecule has 1 aromatic heterocycles. The van der Waals surface area contributed by atoms with E-state index >= 15 is 0 Å². The van der Waals surface area contributed by atoms with E-state index in [-0.39, 0.29) is 23.1 Å². The standard InChI is InChI=1S/C14H23N5O2/c1-14(2,3)19(10-5-4-6-16-7-10)13(20)21-12-11(15)8-17-9-18-12/h8-10,16H,4-7,15H2,1-3H3/t10-/m0/s1. The van der Waals surface area contributed by atoms with Crippen LogP contribution in [-0.2, 0) is 0 Å². The molecule has 1 aromatic rings. The molecule has 1 aliphatic rings. The first kappa shape index (κ1) is 15.5. The first-order valence-electron chi connectivity index (χ1n) is 7.17. The van der Waals surface area contributed by atoms with Crippen LogP contribution < -0.4 is 15.8 Å². The van der Waals surface area contributed by atoms with Gasteiger partial charge in [-0.1, -0.05) is 0 Å². The zero-order valence-electron chi connectivity index (χ0n) is 12.8. The van der Waals surface area contributed by atoms with E-state index in [1.807, 2.05) is 20.8 Å². The van der Waals surface area contributed by atoms with Gasteiger partial charge in [0.1, 0.15) is 12.0 Å². The van der Waals surface area contributed by atoms with Crippen LogP contribution in [-0.4, -0.2) is 45.6 Å². The van der Waals surface area contributed by atoms with Crippen molar-refractivity contribution in [1.82, 2.24) is 20.2 Å². The second kappa shape index (κ2) is 6.26. The number of nitrogen functional groups attached to an aromatic ring is 1. The highest BCUT2D eigenvalue weighted by molar-refractivity contribution is 5.73. The number of amides is 1. The van der Waals surface area contributed by atoms with Gasteiger partial charge in [0.05, 0.1) is 6.20 Å². The van der Waals surface area contributed by atoms with Gasteiger partial charge >= 0.3 is 6.09 Å². The Labute approximate surface area is 124 Å². The van der Waals surface area contributed by atoms with Gasteiger partial charge in [0, 0.05) is 18.1 Å². The molecule has 0 unspecified atom stereocenters. The zero-order chi connectivity index (χ0) is 15.5. The topological polar surface area (TPSA) is 93.4 Å². The normalized spacial score (nSPS) is 19.1. The number of anilines is 1. The highest BCUT2D eigenvalue weighted by atomic mass is 16.6. The number of nitrogens with two attached hydrogens (primary N) is 1. The van der Waals surface area contributed by atoms with Gasteiger partial charge in [-0.3, -0.25) is 4.90 Å². The molecule has 21 heavy (non-hydrogen) atoms. The summed E-state index contributed by atoms with van der Waals surface area (Å²) in [5.74, 6) is 0.105. The lowest BCUT2D eigenvalue weighted by Gasteiger charge is -2.42. The first-order valence-corrected chi connectivity index (χ1v) is 7.17. The van der Waals surface area contributed by atoms with E-state index in [0.29, 0.717) is 0 Å². The molecule has 1 fully saturated rings. The van der Waals surface area contributed by atoms with Crippen LogP contribution >= 0.6 is 0 Å². The maximum Gasteiger partial charge on any atom is 0.417 e. The number of hydrogen-bond donors (Lipinski definition) is 2. The average molecular weight is 293 g/mol. The maximum absolute atomic E-state index is 12.6. The molecule has 0 bridgehead atoms. The predicted molar refractivity (Wildman–Crippen MR) is 80.0 cm³/mol. The molecule has 1 saturated heterocycles. The minimum atomic E-state index is -0.429. The third-order valence-electron chi connectivity index (χ3n) is 3.44. The molecular weight excluding hydrogens is 270 g/mol. The van der Waals surface area contributed by atoms with Crippen molar-refractivity contribution in [3.63, 3.8) is 0 Å². The number of nitrogens with one attached hydrogen (secondary N) is 1. The van der Waals surface area contributed by atoms with E-state index < -0.39 is 6.09 Å². The Hall–Kier alpha value is -1.89. The van der Waals surface area contributed by atoms with Crippen LogP contribution in [0, 0.1) is 0 Å². The van der Waals surface area contributed by atoms with Crippen LogP contribution in [0.5, 0.6) is 5.88 Å². The Balaban J connectivity index is 2.16. The van der Waals surface area contributed by atoms with E-state index in [0.717, 1.165) is 25.9 Å². The zero-order valence-corrected chi connectivity index (χ0v) is 12.8. The monoisotopic (exact) mass is 293 g/mol. The van der Waals surface area contributed by atoms with Crippen molar-refractivity contribution in [2.75, 3.05) is 18.8 Å². The Morgan fingerprint density at radius 1 is 1.52 bits per heavy atom. The number of hydrogen-bond acceptors (Lipinski definition) is 6. The van der Waals surface area contributed by atoms with E-state index in [1.165, 1.54) is 12.5 Å². The molecule has 7 nitrogen and oxygen atoms in total. The van der Waals surface area contributed by atoms with Crippen LogP contribution in [0.25, 0.3) is 0 Å². The SMILES string of the molecule is CC(C)(C)N(C(=O)Oc1ncncc1N)[C@H]1CCCNC1. The number of piperidine rings is 1. The van der Waals surface area contributed by atoms with Crippen molar-refractivity contribution >= 4 is 11.8 Å². The largest absolute Gasteiger partial charge is 0.417 e. The fourth-order valence-electron chi connectivity index (χ4n) is 2.57. The molecule has 1 amide bonds. The molecule has 116 valence electrons. The van der Waals surface area contributed by atoms with Gasteiger partial charge in [0.15, 0.2) is 0 Å². The molecule has 0 aromatic carbocycles. The quantitative estimate of drug-likeness (QED) is 0.856. The summed E-state index contributed by atoms with van der Waals surface area (Å²) in [4.78, 5) is 22.0. The summed E-state index contributed by atoms with van der Waals surface area (Å²) in [6.45, 7) is 7.73. The second-order valence-electron chi connectivity index (χ2n) is 6.19. The van der Waals surface area contributed by atoms with Crippen LogP contribution in [0.15, 0.2) is 12.5 Å². The molecule has 1 aliphatic heterocycles. The minimum absolute atomic E-state index is 0.105. The molecular formula is C14H23N5O2. The third-order valence-corrected chi connectivity index (χ3v) is 3.44. The van der Waals surface area contributed by atoms with Crippen molar-refractivity contribution in [3.8, 4) is 5.88 Å². The van der Waals surface area contributed by atoms with Crippen molar-refractivity contribution in [3.05, 3.63) is 12.5 Å². The molecule has 0 aliphatic carbocycles. The number of carbonyl (C=O) groups is 1. The predicted octanol–water partition coefficient (Wildman–Crippen LogP) is 1.41. The Kier molecular flexibility index (Phi) is 4.62. The molecule has 1 atom stereocenters. The lowest BCUT2D eigenvalue weighted by atomic mass is 9.99. The minimum Gasteiger partial charge on any atom is -0.393 e. The summed E-state index contributed by atoms with van der Waals surface area (Å²) in [5, 5.41) is 3.32. The van der Waals surface area contributed by atoms with Crippen LogP contribution in [0.3, 0.4) is 0 Å². The molecule has 3 N–H and O–H groups in total. The Bertz CT molecular complexity index is 494. The molecule has 2 heterocycles. The Morgan fingerprint density at radius 3 is 2.86 bits per heavy atom. The molecule has 0 saturated carbocycles. The van der Waals surface area contributed by atoms with Gasteiger partial charge in [0.25, 0.3) is 5.88 Å². The highest BCUT2D eigenvalue weighted by Crippen LogP contribution is 2.24. The van der Waals surface area contributed by atoms with Crippen LogP contribution in [0.2, 0.25) is 0 Å². The van der Waals surface area contributed by atoms with Crippen molar-refractivity contribution < 1.29 is 9.53 Å². The van der Waals surface area contributed by atoms with Crippen LogP contribution in [0.1, 0.15) is 33.6 Å². The van der Waals surface area contributed by atoms with E-state index in [4.69, 9.17) is 10.5 Å². The van der Waals surface area contributed by atoms with E-state index in [2.05, 4.69) is 15.3 Å². The second-order valence-corrected chi connectivity index (χ2v) is 6.19. The van der Waals surface area contributed by atoms with Gasteiger partial charge in [-0.25, -0.2) is 9.78 Å². The molecule has 0 radical (unpaired) electrons. The summed E-state index contributed by atoms with van der Waals surface area (Å²) < 4.78 is 5.37. The summed E-state index contributed by atoms with van der Waals surface area (Å²) in [5.41, 5.74) is 5.63. The van der Waals surface area contributed by atoms with Gasteiger partial charge in [-0.15, -0.1) is 0 Å². The molecule has 7 heteroatoms. The first-order chi connectivity index (χ1) is 9.89. The van der Waals surface area contributed by atoms with Gasteiger partial charge in [-0.05, 0) is 40.2 Å². The summed E-state index contributed by atoms with van der Waals surface area (Å²) in [7, 11) is 0. The lowest BCUT2D eigenvalue weighted by Crippen LogP contribution is -2.57. The summed E-state index contributed by atoms with van der Waals surface area (Å²) in [6, 6.07) is 0.106. The number of aromatic nitrogens is 2. The number of ether oxygens (including phenoxy) is 1. The molecule has 2 rings (SSSR count). The maximum atomic E-state index is 12.6. The van der Waals surface area contributed by atoms with Crippen molar-refractivity contribution in [2.24, 2.45) is 0 Å². The smallest absolute Gasteiger partial charge is 0.393 e. The highest BCUT2D eigenvalue weighted by Gasteiger charge is 2.35. The fourth-order valence-corrected chi connectivity index (χ4v) is 2.57. The van der Waals surface area contributed by atoms with E-state index in [9.17, 15) is 4.79 Å². The average Bonchev–Trinajstić information content (AvgIpc) is 2.41. The van der Waals surface area contributed by atoms with E-state index in [1.54, 1.807) is 4.90 Å². The number of rotatable bonds is 2.